The molecule has 1 aromatic carbocycles. The number of ether oxygens (including phenoxy) is 1. The monoisotopic (exact) mass is 331 g/mol. The molecule has 0 spiro atoms. The number of nitrogens with two attached hydrogens (primary N) is 1. The van der Waals surface area contributed by atoms with Crippen LogP contribution in [-0.2, 0) is 6.54 Å². The summed E-state index contributed by atoms with van der Waals surface area (Å²) in [6.07, 6.45) is -1.21. The number of rotatable bonds is 5. The van der Waals surface area contributed by atoms with Gasteiger partial charge in [-0.05, 0) is 30.5 Å². The second-order valence-corrected chi connectivity index (χ2v) is 5.68. The van der Waals surface area contributed by atoms with Crippen molar-refractivity contribution in [2.45, 2.75) is 44.2 Å². The second kappa shape index (κ2) is 7.08. The number of nitrogens with zero attached hydrogens (tertiary/aromatic N) is 1. The van der Waals surface area contributed by atoms with E-state index in [0.717, 1.165) is 25.7 Å². The van der Waals surface area contributed by atoms with E-state index in [1.54, 1.807) is 0 Å². The molecule has 23 heavy (non-hydrogen) atoms. The molecule has 0 heterocycles. The van der Waals surface area contributed by atoms with E-state index in [0.29, 0.717) is 12.1 Å². The first-order chi connectivity index (χ1) is 10.8. The fraction of sp³-hybridized carbons (Fsp3) is 0.533. The number of aliphatic imine (C=N–C) groups is 1. The average Bonchev–Trinajstić information content (AvgIpc) is 2.90. The zero-order chi connectivity index (χ0) is 16.9. The zero-order valence-electron chi connectivity index (χ0n) is 12.6. The van der Waals surface area contributed by atoms with Crippen LogP contribution in [0.25, 0.3) is 0 Å². The molecule has 0 atom stereocenters. The van der Waals surface area contributed by atoms with Crippen molar-refractivity contribution in [3.05, 3.63) is 29.8 Å². The van der Waals surface area contributed by atoms with Gasteiger partial charge in [0.05, 0.1) is 12.1 Å². The molecule has 1 aliphatic carbocycles. The van der Waals surface area contributed by atoms with Crippen LogP contribution in [0.15, 0.2) is 29.3 Å². The summed E-state index contributed by atoms with van der Waals surface area (Å²) in [5.74, 6) is -0.0827. The minimum atomic E-state index is -4.70. The van der Waals surface area contributed by atoms with Crippen molar-refractivity contribution in [3.8, 4) is 5.75 Å². The summed E-state index contributed by atoms with van der Waals surface area (Å²) in [5, 5.41) is 13.1. The van der Waals surface area contributed by atoms with Crippen LogP contribution in [0.3, 0.4) is 0 Å². The molecule has 0 aromatic heterocycles. The highest BCUT2D eigenvalue weighted by atomic mass is 19.4. The van der Waals surface area contributed by atoms with Gasteiger partial charge in [0.1, 0.15) is 5.75 Å². The minimum absolute atomic E-state index is 0.195. The Morgan fingerprint density at radius 1 is 1.26 bits per heavy atom. The summed E-state index contributed by atoms with van der Waals surface area (Å²) in [6, 6.07) is 5.43. The Balaban J connectivity index is 1.81. The number of benzene rings is 1. The van der Waals surface area contributed by atoms with E-state index in [2.05, 4.69) is 15.0 Å². The highest BCUT2D eigenvalue weighted by Gasteiger charge is 2.31. The van der Waals surface area contributed by atoms with Gasteiger partial charge >= 0.3 is 6.36 Å². The largest absolute Gasteiger partial charge is 0.573 e. The van der Waals surface area contributed by atoms with Crippen LogP contribution < -0.4 is 15.8 Å². The Bertz CT molecular complexity index is 538. The van der Waals surface area contributed by atoms with Gasteiger partial charge in [-0.25, -0.2) is 4.99 Å². The van der Waals surface area contributed by atoms with Crippen LogP contribution in [-0.4, -0.2) is 29.6 Å². The molecule has 1 fully saturated rings. The van der Waals surface area contributed by atoms with E-state index in [9.17, 15) is 18.3 Å². The van der Waals surface area contributed by atoms with Crippen molar-refractivity contribution < 1.29 is 23.0 Å². The lowest BCUT2D eigenvalue weighted by Crippen LogP contribution is -2.43. The molecular formula is C15H20F3N3O2. The second-order valence-electron chi connectivity index (χ2n) is 5.68. The number of guanidine groups is 1. The van der Waals surface area contributed by atoms with Gasteiger partial charge in [0.15, 0.2) is 5.96 Å². The predicted molar refractivity (Wildman–Crippen MR) is 79.9 cm³/mol. The maximum atomic E-state index is 12.1. The molecule has 8 heteroatoms. The first-order valence-corrected chi connectivity index (χ1v) is 7.37. The van der Waals surface area contributed by atoms with Gasteiger partial charge in [-0.2, -0.15) is 0 Å². The summed E-state index contributed by atoms with van der Waals surface area (Å²) >= 11 is 0. The van der Waals surface area contributed by atoms with Gasteiger partial charge in [-0.1, -0.05) is 25.0 Å². The summed E-state index contributed by atoms with van der Waals surface area (Å²) in [4.78, 5) is 4.10. The van der Waals surface area contributed by atoms with Gasteiger partial charge in [0.2, 0.25) is 0 Å². The predicted octanol–water partition coefficient (Wildman–Crippen LogP) is 2.29. The molecular weight excluding hydrogens is 311 g/mol. The first-order valence-electron chi connectivity index (χ1n) is 7.37. The van der Waals surface area contributed by atoms with Crippen LogP contribution in [0.2, 0.25) is 0 Å². The molecule has 2 rings (SSSR count). The lowest BCUT2D eigenvalue weighted by Gasteiger charge is -2.22. The fourth-order valence-corrected chi connectivity index (χ4v) is 2.49. The maximum Gasteiger partial charge on any atom is 0.573 e. The molecule has 4 N–H and O–H groups in total. The average molecular weight is 331 g/mol. The zero-order valence-corrected chi connectivity index (χ0v) is 12.6. The van der Waals surface area contributed by atoms with Gasteiger partial charge in [0, 0.05) is 6.54 Å². The Kier molecular flexibility index (Phi) is 5.35. The molecule has 1 aromatic rings. The molecule has 0 aliphatic heterocycles. The molecule has 5 nitrogen and oxygen atoms in total. The van der Waals surface area contributed by atoms with E-state index in [1.807, 2.05) is 0 Å². The van der Waals surface area contributed by atoms with Crippen molar-refractivity contribution in [1.29, 1.82) is 0 Å². The van der Waals surface area contributed by atoms with E-state index < -0.39 is 12.0 Å². The number of hydrogen-bond acceptors (Lipinski definition) is 3. The molecule has 0 radical (unpaired) electrons. The number of nitrogens with one attached hydrogen (secondary N) is 1. The minimum Gasteiger partial charge on any atom is -0.406 e. The SMILES string of the molecule is NC(=NCc1ccc(OC(F)(F)F)cc1)NCC1(O)CCCC1. The van der Waals surface area contributed by atoms with Gasteiger partial charge < -0.3 is 20.9 Å². The normalized spacial score (nSPS) is 18.0. The quantitative estimate of drug-likeness (QED) is 0.571. The van der Waals surface area contributed by atoms with E-state index >= 15 is 0 Å². The number of alkyl halides is 3. The highest BCUT2D eigenvalue weighted by Crippen LogP contribution is 2.28. The molecule has 1 saturated carbocycles. The number of hydrogen-bond donors (Lipinski definition) is 3. The Morgan fingerprint density at radius 3 is 2.43 bits per heavy atom. The first kappa shape index (κ1) is 17.4. The summed E-state index contributed by atoms with van der Waals surface area (Å²) < 4.78 is 39.9. The van der Waals surface area contributed by atoms with E-state index in [1.165, 1.54) is 24.3 Å². The molecule has 1 aliphatic rings. The molecule has 128 valence electrons. The van der Waals surface area contributed by atoms with E-state index in [4.69, 9.17) is 5.73 Å². The van der Waals surface area contributed by atoms with Crippen LogP contribution in [0, 0.1) is 0 Å². The summed E-state index contributed by atoms with van der Waals surface area (Å²) in [7, 11) is 0. The molecule has 0 bridgehead atoms. The fourth-order valence-electron chi connectivity index (χ4n) is 2.49. The van der Waals surface area contributed by atoms with Crippen molar-refractivity contribution in [2.75, 3.05) is 6.54 Å². The third-order valence-corrected chi connectivity index (χ3v) is 3.72. The van der Waals surface area contributed by atoms with Crippen molar-refractivity contribution in [2.24, 2.45) is 10.7 Å². The number of aliphatic hydroxyl groups is 1. The Labute approximate surface area is 132 Å². The topological polar surface area (TPSA) is 79.9 Å². The van der Waals surface area contributed by atoms with Crippen molar-refractivity contribution in [1.82, 2.24) is 5.32 Å². The Morgan fingerprint density at radius 2 is 1.87 bits per heavy atom. The van der Waals surface area contributed by atoms with E-state index in [-0.39, 0.29) is 18.3 Å². The lowest BCUT2D eigenvalue weighted by atomic mass is 10.0. The third-order valence-electron chi connectivity index (χ3n) is 3.72. The summed E-state index contributed by atoms with van der Waals surface area (Å²) in [6.45, 7) is 0.574. The van der Waals surface area contributed by atoms with Crippen LogP contribution in [0.4, 0.5) is 13.2 Å². The van der Waals surface area contributed by atoms with Gasteiger partial charge in [-0.3, -0.25) is 0 Å². The Hall–Kier alpha value is -1.96. The van der Waals surface area contributed by atoms with Crippen LogP contribution >= 0.6 is 0 Å². The maximum absolute atomic E-state index is 12.1. The third kappa shape index (κ3) is 5.97. The summed E-state index contributed by atoms with van der Waals surface area (Å²) in [5.41, 5.74) is 5.70. The van der Waals surface area contributed by atoms with Gasteiger partial charge in [0.25, 0.3) is 0 Å². The number of halogens is 3. The molecule has 0 unspecified atom stereocenters. The molecule has 0 amide bonds. The van der Waals surface area contributed by atoms with Crippen molar-refractivity contribution in [3.63, 3.8) is 0 Å². The highest BCUT2D eigenvalue weighted by molar-refractivity contribution is 5.77. The molecule has 0 saturated heterocycles. The van der Waals surface area contributed by atoms with Crippen LogP contribution in [0.1, 0.15) is 31.2 Å². The van der Waals surface area contributed by atoms with Crippen molar-refractivity contribution >= 4 is 5.96 Å². The standard InChI is InChI=1S/C15H20F3N3O2/c16-15(17,18)23-12-5-3-11(4-6-12)9-20-13(19)21-10-14(22)7-1-2-8-14/h3-6,22H,1-2,7-10H2,(H3,19,20,21). The van der Waals surface area contributed by atoms with Crippen LogP contribution in [0.5, 0.6) is 5.75 Å². The van der Waals surface area contributed by atoms with Gasteiger partial charge in [-0.15, -0.1) is 13.2 Å². The lowest BCUT2D eigenvalue weighted by molar-refractivity contribution is -0.274. The smallest absolute Gasteiger partial charge is 0.406 e.